The standard InChI is InChI=1S/C13H17NO5/c1-8(15)19-7-10-5-9(3-4-12(10)18-2)6-11(14)13(16)17/h3-5,11H,6-7,14H2,1-2H3,(H,16,17). The van der Waals surface area contributed by atoms with E-state index in [9.17, 15) is 9.59 Å². The number of carboxylic acids is 1. The summed E-state index contributed by atoms with van der Waals surface area (Å²) in [6.45, 7) is 1.39. The molecule has 0 aliphatic rings. The number of aliphatic carboxylic acids is 1. The Bertz CT molecular complexity index is 472. The van der Waals surface area contributed by atoms with Gasteiger partial charge in [0.05, 0.1) is 7.11 Å². The van der Waals surface area contributed by atoms with Gasteiger partial charge in [0, 0.05) is 12.5 Å². The van der Waals surface area contributed by atoms with Gasteiger partial charge in [-0.05, 0) is 24.1 Å². The fourth-order valence-corrected chi connectivity index (χ4v) is 1.59. The first-order valence-electron chi connectivity index (χ1n) is 5.71. The summed E-state index contributed by atoms with van der Waals surface area (Å²) < 4.78 is 10.1. The van der Waals surface area contributed by atoms with E-state index < -0.39 is 18.0 Å². The van der Waals surface area contributed by atoms with E-state index in [2.05, 4.69) is 0 Å². The molecule has 0 saturated carbocycles. The normalized spacial score (nSPS) is 11.7. The Kier molecular flexibility index (Phi) is 5.32. The molecule has 0 heterocycles. The highest BCUT2D eigenvalue weighted by atomic mass is 16.5. The predicted molar refractivity (Wildman–Crippen MR) is 67.8 cm³/mol. The summed E-state index contributed by atoms with van der Waals surface area (Å²) in [6, 6.07) is 4.20. The van der Waals surface area contributed by atoms with E-state index in [-0.39, 0.29) is 13.0 Å². The van der Waals surface area contributed by atoms with Crippen LogP contribution in [0.2, 0.25) is 0 Å². The molecular formula is C13H17NO5. The molecule has 6 nitrogen and oxygen atoms in total. The van der Waals surface area contributed by atoms with Gasteiger partial charge in [0.2, 0.25) is 0 Å². The van der Waals surface area contributed by atoms with E-state index in [1.165, 1.54) is 14.0 Å². The highest BCUT2D eigenvalue weighted by Crippen LogP contribution is 2.21. The van der Waals surface area contributed by atoms with Crippen molar-refractivity contribution < 1.29 is 24.2 Å². The van der Waals surface area contributed by atoms with Crippen molar-refractivity contribution >= 4 is 11.9 Å². The molecule has 19 heavy (non-hydrogen) atoms. The molecule has 1 unspecified atom stereocenters. The highest BCUT2D eigenvalue weighted by Gasteiger charge is 2.14. The lowest BCUT2D eigenvalue weighted by Crippen LogP contribution is -2.32. The second kappa shape index (κ2) is 6.75. The van der Waals surface area contributed by atoms with Crippen LogP contribution < -0.4 is 10.5 Å². The van der Waals surface area contributed by atoms with Gasteiger partial charge in [0.1, 0.15) is 18.4 Å². The number of carbonyl (C=O) groups is 2. The maximum Gasteiger partial charge on any atom is 0.320 e. The van der Waals surface area contributed by atoms with Gasteiger partial charge in [-0.3, -0.25) is 9.59 Å². The third-order valence-electron chi connectivity index (χ3n) is 2.55. The number of benzene rings is 1. The van der Waals surface area contributed by atoms with Crippen molar-refractivity contribution in [3.63, 3.8) is 0 Å². The average molecular weight is 267 g/mol. The van der Waals surface area contributed by atoms with Crippen LogP contribution in [0.15, 0.2) is 18.2 Å². The maximum absolute atomic E-state index is 10.8. The Balaban J connectivity index is 2.87. The lowest BCUT2D eigenvalue weighted by molar-refractivity contribution is -0.142. The van der Waals surface area contributed by atoms with Gasteiger partial charge >= 0.3 is 11.9 Å². The number of nitrogens with two attached hydrogens (primary N) is 1. The van der Waals surface area contributed by atoms with Crippen molar-refractivity contribution in [3.8, 4) is 5.75 Å². The number of ether oxygens (including phenoxy) is 2. The molecule has 3 N–H and O–H groups in total. The minimum atomic E-state index is -1.06. The Morgan fingerprint density at radius 3 is 2.63 bits per heavy atom. The van der Waals surface area contributed by atoms with Crippen LogP contribution >= 0.6 is 0 Å². The third kappa shape index (κ3) is 4.59. The topological polar surface area (TPSA) is 98.8 Å². The van der Waals surface area contributed by atoms with Gasteiger partial charge < -0.3 is 20.3 Å². The van der Waals surface area contributed by atoms with Crippen molar-refractivity contribution in [2.75, 3.05) is 7.11 Å². The van der Waals surface area contributed by atoms with E-state index >= 15 is 0 Å². The van der Waals surface area contributed by atoms with Crippen LogP contribution in [-0.2, 0) is 27.4 Å². The van der Waals surface area contributed by atoms with E-state index in [4.69, 9.17) is 20.3 Å². The molecule has 0 spiro atoms. The predicted octanol–water partition coefficient (Wildman–Crippen LogP) is 0.713. The first kappa shape index (κ1) is 15.0. The lowest BCUT2D eigenvalue weighted by Gasteiger charge is -2.12. The number of carbonyl (C=O) groups excluding carboxylic acids is 1. The number of carboxylic acid groups (broad SMARTS) is 1. The molecule has 1 aromatic carbocycles. The fourth-order valence-electron chi connectivity index (χ4n) is 1.59. The molecule has 104 valence electrons. The quantitative estimate of drug-likeness (QED) is 0.736. The molecule has 1 atom stereocenters. The Labute approximate surface area is 111 Å². The van der Waals surface area contributed by atoms with Crippen LogP contribution in [0.4, 0.5) is 0 Å². The largest absolute Gasteiger partial charge is 0.496 e. The van der Waals surface area contributed by atoms with Crippen molar-refractivity contribution in [3.05, 3.63) is 29.3 Å². The van der Waals surface area contributed by atoms with Crippen molar-refractivity contribution in [2.24, 2.45) is 5.73 Å². The summed E-state index contributed by atoms with van der Waals surface area (Å²) in [5, 5.41) is 8.77. The van der Waals surface area contributed by atoms with Gasteiger partial charge in [-0.25, -0.2) is 0 Å². The van der Waals surface area contributed by atoms with E-state index in [1.54, 1.807) is 18.2 Å². The Morgan fingerprint density at radius 1 is 1.42 bits per heavy atom. The summed E-state index contributed by atoms with van der Waals surface area (Å²) in [7, 11) is 1.51. The van der Waals surface area contributed by atoms with E-state index in [0.717, 1.165) is 5.56 Å². The number of methoxy groups -OCH3 is 1. The van der Waals surface area contributed by atoms with Crippen molar-refractivity contribution in [1.29, 1.82) is 0 Å². The molecule has 0 aromatic heterocycles. The lowest BCUT2D eigenvalue weighted by atomic mass is 10.0. The minimum Gasteiger partial charge on any atom is -0.496 e. The zero-order chi connectivity index (χ0) is 14.4. The zero-order valence-electron chi connectivity index (χ0n) is 10.9. The molecule has 0 bridgehead atoms. The molecular weight excluding hydrogens is 250 g/mol. The van der Waals surface area contributed by atoms with Crippen LogP contribution in [0.25, 0.3) is 0 Å². The number of esters is 1. The van der Waals surface area contributed by atoms with Gasteiger partial charge in [-0.15, -0.1) is 0 Å². The first-order valence-corrected chi connectivity index (χ1v) is 5.71. The van der Waals surface area contributed by atoms with Crippen molar-refractivity contribution in [1.82, 2.24) is 0 Å². The molecule has 6 heteroatoms. The smallest absolute Gasteiger partial charge is 0.320 e. The fraction of sp³-hybridized carbons (Fsp3) is 0.385. The number of hydrogen-bond acceptors (Lipinski definition) is 5. The number of rotatable bonds is 6. The molecule has 0 amide bonds. The van der Waals surface area contributed by atoms with Crippen LogP contribution in [0.5, 0.6) is 5.75 Å². The van der Waals surface area contributed by atoms with Gasteiger partial charge in [0.25, 0.3) is 0 Å². The van der Waals surface area contributed by atoms with Crippen LogP contribution in [0, 0.1) is 0 Å². The highest BCUT2D eigenvalue weighted by molar-refractivity contribution is 5.73. The summed E-state index contributed by atoms with van der Waals surface area (Å²) in [5.74, 6) is -0.874. The SMILES string of the molecule is COc1ccc(CC(N)C(=O)O)cc1COC(C)=O. The van der Waals surface area contributed by atoms with E-state index in [0.29, 0.717) is 11.3 Å². The molecule has 1 rings (SSSR count). The summed E-state index contributed by atoms with van der Waals surface area (Å²) in [6.07, 6.45) is 0.201. The van der Waals surface area contributed by atoms with Gasteiger partial charge in [-0.2, -0.15) is 0 Å². The number of hydrogen-bond donors (Lipinski definition) is 2. The zero-order valence-corrected chi connectivity index (χ0v) is 10.9. The maximum atomic E-state index is 10.8. The molecule has 0 aliphatic carbocycles. The summed E-state index contributed by atoms with van der Waals surface area (Å²) in [4.78, 5) is 21.5. The Morgan fingerprint density at radius 2 is 2.11 bits per heavy atom. The molecule has 0 fully saturated rings. The van der Waals surface area contributed by atoms with Crippen LogP contribution in [0.1, 0.15) is 18.1 Å². The second-order valence-corrected chi connectivity index (χ2v) is 4.08. The minimum absolute atomic E-state index is 0.0780. The second-order valence-electron chi connectivity index (χ2n) is 4.08. The average Bonchev–Trinajstić information content (AvgIpc) is 2.36. The molecule has 0 aliphatic heterocycles. The van der Waals surface area contributed by atoms with Gasteiger partial charge in [-0.1, -0.05) is 6.07 Å². The van der Waals surface area contributed by atoms with E-state index in [1.807, 2.05) is 0 Å². The molecule has 0 saturated heterocycles. The summed E-state index contributed by atoms with van der Waals surface area (Å²) in [5.41, 5.74) is 6.90. The molecule has 0 radical (unpaired) electrons. The third-order valence-corrected chi connectivity index (χ3v) is 2.55. The van der Waals surface area contributed by atoms with Crippen LogP contribution in [-0.4, -0.2) is 30.2 Å². The Hall–Kier alpha value is -2.08. The molecule has 1 aromatic rings. The van der Waals surface area contributed by atoms with Crippen molar-refractivity contribution in [2.45, 2.75) is 26.0 Å². The van der Waals surface area contributed by atoms with Gasteiger partial charge in [0.15, 0.2) is 0 Å². The first-order chi connectivity index (χ1) is 8.93. The monoisotopic (exact) mass is 267 g/mol. The summed E-state index contributed by atoms with van der Waals surface area (Å²) >= 11 is 0. The van der Waals surface area contributed by atoms with Crippen LogP contribution in [0.3, 0.4) is 0 Å².